The third-order valence-electron chi connectivity index (χ3n) is 2.88. The highest BCUT2D eigenvalue weighted by Gasteiger charge is 2.32. The van der Waals surface area contributed by atoms with Crippen LogP contribution in [0.5, 0.6) is 0 Å². The molecule has 3 N–H and O–H groups in total. The molecule has 0 aromatic carbocycles. The molecule has 0 aromatic heterocycles. The molecular formula is C14H28N2O3. The van der Waals surface area contributed by atoms with Crippen molar-refractivity contribution < 1.29 is 14.7 Å². The van der Waals surface area contributed by atoms with Gasteiger partial charge in [-0.3, -0.25) is 0 Å². The summed E-state index contributed by atoms with van der Waals surface area (Å²) >= 11 is 0. The molecule has 0 aliphatic rings. The average Bonchev–Trinajstić information content (AvgIpc) is 2.23. The van der Waals surface area contributed by atoms with Crippen LogP contribution in [-0.2, 0) is 4.79 Å². The van der Waals surface area contributed by atoms with Crippen molar-refractivity contribution in [3.8, 4) is 0 Å². The van der Waals surface area contributed by atoms with Crippen LogP contribution in [-0.4, -0.2) is 29.7 Å². The standard InChI is InChI=1S/C14H28N2O3/c1-10(2)8-6-7-9-15-13(19)16-11(12(17)18)14(3,4)5/h10-11H,6-9H2,1-5H3,(H,17,18)(H2,15,16,19)/t11-/m1/s1. The molecule has 0 radical (unpaired) electrons. The monoisotopic (exact) mass is 272 g/mol. The van der Waals surface area contributed by atoms with Crippen LogP contribution in [0.4, 0.5) is 4.79 Å². The van der Waals surface area contributed by atoms with Gasteiger partial charge in [0.1, 0.15) is 6.04 Å². The fraction of sp³-hybridized carbons (Fsp3) is 0.857. The number of hydrogen-bond acceptors (Lipinski definition) is 2. The lowest BCUT2D eigenvalue weighted by Crippen LogP contribution is -2.52. The zero-order valence-corrected chi connectivity index (χ0v) is 12.7. The van der Waals surface area contributed by atoms with Crippen molar-refractivity contribution in [2.75, 3.05) is 6.54 Å². The number of carboxylic acids is 1. The Morgan fingerprint density at radius 1 is 1.16 bits per heavy atom. The van der Waals surface area contributed by atoms with Gasteiger partial charge in [0.15, 0.2) is 0 Å². The summed E-state index contributed by atoms with van der Waals surface area (Å²) < 4.78 is 0. The molecule has 0 heterocycles. The highest BCUT2D eigenvalue weighted by Crippen LogP contribution is 2.19. The van der Waals surface area contributed by atoms with E-state index in [0.29, 0.717) is 12.5 Å². The molecule has 0 saturated heterocycles. The molecule has 0 bridgehead atoms. The summed E-state index contributed by atoms with van der Waals surface area (Å²) in [5, 5.41) is 14.3. The van der Waals surface area contributed by atoms with E-state index >= 15 is 0 Å². The molecule has 5 nitrogen and oxygen atoms in total. The number of carbonyl (C=O) groups is 2. The Labute approximate surface area is 116 Å². The van der Waals surface area contributed by atoms with Gasteiger partial charge >= 0.3 is 12.0 Å². The third-order valence-corrected chi connectivity index (χ3v) is 2.88. The van der Waals surface area contributed by atoms with E-state index in [2.05, 4.69) is 24.5 Å². The van der Waals surface area contributed by atoms with E-state index in [9.17, 15) is 9.59 Å². The van der Waals surface area contributed by atoms with Gasteiger partial charge in [-0.25, -0.2) is 9.59 Å². The normalized spacial score (nSPS) is 13.2. The summed E-state index contributed by atoms with van der Waals surface area (Å²) in [5.74, 6) is -0.339. The molecule has 0 fully saturated rings. The topological polar surface area (TPSA) is 78.4 Å². The Morgan fingerprint density at radius 2 is 1.74 bits per heavy atom. The second-order valence-corrected chi connectivity index (χ2v) is 6.43. The predicted octanol–water partition coefficient (Wildman–Crippen LogP) is 2.61. The largest absolute Gasteiger partial charge is 0.480 e. The zero-order valence-electron chi connectivity index (χ0n) is 12.7. The smallest absolute Gasteiger partial charge is 0.326 e. The Morgan fingerprint density at radius 3 is 2.16 bits per heavy atom. The van der Waals surface area contributed by atoms with Crippen LogP contribution in [0.25, 0.3) is 0 Å². The van der Waals surface area contributed by atoms with Crippen LogP contribution in [0.2, 0.25) is 0 Å². The van der Waals surface area contributed by atoms with Gasteiger partial charge in [-0.15, -0.1) is 0 Å². The van der Waals surface area contributed by atoms with Crippen LogP contribution in [0.15, 0.2) is 0 Å². The summed E-state index contributed by atoms with van der Waals surface area (Å²) in [5.41, 5.74) is -0.513. The van der Waals surface area contributed by atoms with Crippen molar-refractivity contribution in [1.82, 2.24) is 10.6 Å². The van der Waals surface area contributed by atoms with Gasteiger partial charge in [0.2, 0.25) is 0 Å². The lowest BCUT2D eigenvalue weighted by atomic mass is 9.87. The number of unbranched alkanes of at least 4 members (excludes halogenated alkanes) is 1. The molecule has 0 aromatic rings. The van der Waals surface area contributed by atoms with Gasteiger partial charge in [0.25, 0.3) is 0 Å². The highest BCUT2D eigenvalue weighted by molar-refractivity contribution is 5.83. The Bertz CT molecular complexity index is 296. The van der Waals surface area contributed by atoms with Gasteiger partial charge in [0, 0.05) is 6.54 Å². The minimum atomic E-state index is -1.01. The molecule has 19 heavy (non-hydrogen) atoms. The van der Waals surface area contributed by atoms with E-state index in [0.717, 1.165) is 19.3 Å². The number of nitrogens with one attached hydrogen (secondary N) is 2. The number of rotatable bonds is 7. The van der Waals surface area contributed by atoms with Crippen LogP contribution in [0.3, 0.4) is 0 Å². The lowest BCUT2D eigenvalue weighted by Gasteiger charge is -2.27. The predicted molar refractivity (Wildman–Crippen MR) is 76.1 cm³/mol. The van der Waals surface area contributed by atoms with Gasteiger partial charge in [-0.2, -0.15) is 0 Å². The van der Waals surface area contributed by atoms with Crippen molar-refractivity contribution in [1.29, 1.82) is 0 Å². The fourth-order valence-corrected chi connectivity index (χ4v) is 1.71. The minimum absolute atomic E-state index is 0.410. The molecule has 112 valence electrons. The van der Waals surface area contributed by atoms with Crippen molar-refractivity contribution in [2.24, 2.45) is 11.3 Å². The molecule has 0 rings (SSSR count). The maximum Gasteiger partial charge on any atom is 0.326 e. The van der Waals surface area contributed by atoms with E-state index in [-0.39, 0.29) is 0 Å². The van der Waals surface area contributed by atoms with Crippen molar-refractivity contribution >= 4 is 12.0 Å². The molecule has 1 atom stereocenters. The molecule has 2 amide bonds. The summed E-state index contributed by atoms with van der Waals surface area (Å²) in [6.07, 6.45) is 3.13. The number of carboxylic acid groups (broad SMARTS) is 1. The van der Waals surface area contributed by atoms with Gasteiger partial charge in [-0.1, -0.05) is 47.5 Å². The van der Waals surface area contributed by atoms with Crippen LogP contribution in [0, 0.1) is 11.3 Å². The first-order chi connectivity index (χ1) is 8.64. The SMILES string of the molecule is CC(C)CCCCNC(=O)N[C@H](C(=O)O)C(C)(C)C. The molecular weight excluding hydrogens is 244 g/mol. The second kappa shape index (κ2) is 8.02. The lowest BCUT2D eigenvalue weighted by molar-refractivity contribution is -0.141. The molecule has 0 aliphatic heterocycles. The van der Waals surface area contributed by atoms with Crippen LogP contribution in [0.1, 0.15) is 53.9 Å². The Hall–Kier alpha value is -1.26. The Kier molecular flexibility index (Phi) is 7.49. The van der Waals surface area contributed by atoms with Crippen LogP contribution < -0.4 is 10.6 Å². The summed E-state index contributed by atoms with van der Waals surface area (Å²) in [6, 6.07) is -1.30. The maximum atomic E-state index is 11.6. The minimum Gasteiger partial charge on any atom is -0.480 e. The molecule has 0 saturated carbocycles. The van der Waals surface area contributed by atoms with E-state index in [4.69, 9.17) is 5.11 Å². The highest BCUT2D eigenvalue weighted by atomic mass is 16.4. The van der Waals surface area contributed by atoms with Crippen molar-refractivity contribution in [3.63, 3.8) is 0 Å². The molecule has 0 unspecified atom stereocenters. The quantitative estimate of drug-likeness (QED) is 0.623. The maximum absolute atomic E-state index is 11.6. The first kappa shape index (κ1) is 17.7. The average molecular weight is 272 g/mol. The van der Waals surface area contributed by atoms with Crippen LogP contribution >= 0.6 is 0 Å². The van der Waals surface area contributed by atoms with Crippen molar-refractivity contribution in [2.45, 2.75) is 59.9 Å². The summed E-state index contributed by atoms with van der Waals surface area (Å²) in [4.78, 5) is 22.7. The van der Waals surface area contributed by atoms with Gasteiger partial charge in [-0.05, 0) is 17.8 Å². The fourth-order valence-electron chi connectivity index (χ4n) is 1.71. The second-order valence-electron chi connectivity index (χ2n) is 6.43. The molecule has 0 aliphatic carbocycles. The number of carbonyl (C=O) groups excluding carboxylic acids is 1. The van der Waals surface area contributed by atoms with E-state index in [1.165, 1.54) is 0 Å². The number of amides is 2. The zero-order chi connectivity index (χ0) is 15.1. The van der Waals surface area contributed by atoms with E-state index < -0.39 is 23.5 Å². The summed E-state index contributed by atoms with van der Waals surface area (Å²) in [7, 11) is 0. The third kappa shape index (κ3) is 8.46. The first-order valence-corrected chi connectivity index (χ1v) is 6.91. The van der Waals surface area contributed by atoms with Gasteiger partial charge in [0.05, 0.1) is 0 Å². The summed E-state index contributed by atoms with van der Waals surface area (Å²) in [6.45, 7) is 10.3. The molecule has 0 spiro atoms. The van der Waals surface area contributed by atoms with Gasteiger partial charge < -0.3 is 15.7 Å². The Balaban J connectivity index is 3.99. The number of urea groups is 1. The molecule has 5 heteroatoms. The number of aliphatic carboxylic acids is 1. The van der Waals surface area contributed by atoms with Crippen molar-refractivity contribution in [3.05, 3.63) is 0 Å². The van der Waals surface area contributed by atoms with E-state index in [1.807, 2.05) is 0 Å². The van der Waals surface area contributed by atoms with E-state index in [1.54, 1.807) is 20.8 Å². The first-order valence-electron chi connectivity index (χ1n) is 6.91. The number of hydrogen-bond donors (Lipinski definition) is 3.